The van der Waals surface area contributed by atoms with Gasteiger partial charge in [-0.3, -0.25) is 0 Å². The lowest BCUT2D eigenvalue weighted by molar-refractivity contribution is 0.282. The highest BCUT2D eigenvalue weighted by Gasteiger charge is 2.27. The normalized spacial score (nSPS) is 13.9. The number of hydrogen-bond donors (Lipinski definition) is 0. The van der Waals surface area contributed by atoms with E-state index in [9.17, 15) is 70.2 Å². The van der Waals surface area contributed by atoms with E-state index in [1.807, 2.05) is 0 Å². The van der Waals surface area contributed by atoms with Crippen molar-refractivity contribution in [1.82, 2.24) is 0 Å². The largest absolute Gasteiger partial charge is 0.473 e. The molecule has 0 radical (unpaired) electrons. The van der Waals surface area contributed by atoms with Gasteiger partial charge in [0.05, 0.1) is 18.8 Å². The highest BCUT2D eigenvalue weighted by molar-refractivity contribution is 5.55. The highest BCUT2D eigenvalue weighted by atomic mass is 19.2. The molecule has 0 unspecified atom stereocenters. The molecule has 0 amide bonds. The van der Waals surface area contributed by atoms with Crippen LogP contribution in [0.2, 0.25) is 0 Å². The number of halogens is 16. The maximum atomic E-state index is 13.7. The van der Waals surface area contributed by atoms with Crippen molar-refractivity contribution in [3.63, 3.8) is 0 Å². The quantitative estimate of drug-likeness (QED) is 0.162. The molecule has 24 heteroatoms. The molecule has 8 aromatic carbocycles. The van der Waals surface area contributed by atoms with Crippen LogP contribution < -0.4 is 38.5 Å². The topological polar surface area (TPSA) is 49.9 Å². The molecule has 0 spiro atoms. The predicted molar refractivity (Wildman–Crippen MR) is 258 cm³/mol. The van der Waals surface area contributed by atoms with Gasteiger partial charge in [-0.15, -0.1) is 0 Å². The number of nitrogens with zero attached hydrogens (tertiary/aromatic N) is 4. The fraction of sp³-hybridized carbons (Fsp3) is 0.143. The summed E-state index contributed by atoms with van der Waals surface area (Å²) in [4.78, 5) is 5.99. The van der Waals surface area contributed by atoms with Gasteiger partial charge in [0.15, 0.2) is 96.7 Å². The third kappa shape index (κ3) is 12.6. The molecule has 12 rings (SSSR count). The number of hydrogen-bond acceptors (Lipinski definition) is 8. The molecule has 0 N–H and O–H groups in total. The SMILES string of the molecule is Fc1cc(F)c(N2COc3cc(F)c(F)cc3C2)c(F)c1.Fc1ccc(N2COc3cc(F)c(F)cc3C2)c(F)c1.Fc1ccc(N2COc3cc(F)c(F)cc3C2)cc1.Fc1ccc(N2COc3cc(F)c(F)cc3C2)cc1F. The second kappa shape index (κ2) is 23.6. The molecule has 0 saturated heterocycles. The lowest BCUT2D eigenvalue weighted by Gasteiger charge is -2.31. The second-order valence-electron chi connectivity index (χ2n) is 17.8. The van der Waals surface area contributed by atoms with Gasteiger partial charge in [0.25, 0.3) is 0 Å². The zero-order valence-corrected chi connectivity index (χ0v) is 40.7. The third-order valence-corrected chi connectivity index (χ3v) is 12.4. The van der Waals surface area contributed by atoms with Crippen LogP contribution in [0, 0.1) is 93.1 Å². The molecular weight excluding hydrogens is 1100 g/mol. The number of anilines is 4. The fourth-order valence-corrected chi connectivity index (χ4v) is 8.44. The van der Waals surface area contributed by atoms with Gasteiger partial charge in [-0.1, -0.05) is 0 Å². The van der Waals surface area contributed by atoms with Crippen molar-refractivity contribution < 1.29 is 89.2 Å². The average Bonchev–Trinajstić information content (AvgIpc) is 3.48. The van der Waals surface area contributed by atoms with E-state index in [-0.39, 0.29) is 80.9 Å². The van der Waals surface area contributed by atoms with Crippen molar-refractivity contribution in [2.75, 3.05) is 46.5 Å². The van der Waals surface area contributed by atoms with Crippen LogP contribution in [0.25, 0.3) is 0 Å². The molecule has 8 nitrogen and oxygen atoms in total. The Bertz CT molecular complexity index is 3590. The standard InChI is InChI=1S/C14H8F5NO.2C14H9F4NO.C14H10F3NO/c15-8-2-11(18)14(12(19)3-8)20-5-7-1-9(16)10(17)4-13(7)21-6-20;15-9-1-2-13(12(18)4-9)19-6-8-3-10(16)11(17)5-14(8)20-7-19;15-10-2-1-9(4-12(10)17)19-6-8-3-11(16)13(18)5-14(8)20-7-19;15-10-1-3-11(4-2-10)18-7-9-5-12(16)13(17)6-14(9)19-8-18/h1-4H,5-6H2;2*1-5H,6-7H2;1-6H,7-8H2. The lowest BCUT2D eigenvalue weighted by Crippen LogP contribution is -2.33. The summed E-state index contributed by atoms with van der Waals surface area (Å²) < 4.78 is 232. The molecule has 0 bridgehead atoms. The van der Waals surface area contributed by atoms with Crippen LogP contribution in [0.15, 0.2) is 121 Å². The van der Waals surface area contributed by atoms with Gasteiger partial charge in [-0.25, -0.2) is 70.2 Å². The summed E-state index contributed by atoms with van der Waals surface area (Å²) in [6.07, 6.45) is 0. The first-order valence-electron chi connectivity index (χ1n) is 23.4. The molecule has 4 aliphatic rings. The molecule has 4 heterocycles. The van der Waals surface area contributed by atoms with Crippen LogP contribution in [0.3, 0.4) is 0 Å². The maximum absolute atomic E-state index is 13.7. The summed E-state index contributed by atoms with van der Waals surface area (Å²) in [5.41, 5.74) is 2.47. The first kappa shape index (κ1) is 55.8. The van der Waals surface area contributed by atoms with Gasteiger partial charge in [-0.05, 0) is 72.8 Å². The van der Waals surface area contributed by atoms with Gasteiger partial charge in [-0.2, -0.15) is 0 Å². The van der Waals surface area contributed by atoms with E-state index in [0.29, 0.717) is 46.8 Å². The van der Waals surface area contributed by atoms with Crippen LogP contribution in [-0.2, 0) is 26.2 Å². The number of rotatable bonds is 4. The van der Waals surface area contributed by atoms with Gasteiger partial charge in [0.1, 0.15) is 52.0 Å². The Morgan fingerprint density at radius 3 is 1.02 bits per heavy atom. The van der Waals surface area contributed by atoms with Crippen LogP contribution >= 0.6 is 0 Å². The van der Waals surface area contributed by atoms with Crippen molar-refractivity contribution in [3.05, 3.63) is 237 Å². The summed E-state index contributed by atoms with van der Waals surface area (Å²) in [6.45, 7) is 0.627. The molecule has 8 aromatic rings. The smallest absolute Gasteiger partial charge is 0.162 e. The van der Waals surface area contributed by atoms with E-state index in [0.717, 1.165) is 83.4 Å². The second-order valence-corrected chi connectivity index (χ2v) is 17.8. The van der Waals surface area contributed by atoms with E-state index < -0.39 is 92.9 Å². The van der Waals surface area contributed by atoms with E-state index in [1.165, 1.54) is 29.2 Å². The molecule has 80 heavy (non-hydrogen) atoms. The third-order valence-electron chi connectivity index (χ3n) is 12.4. The van der Waals surface area contributed by atoms with E-state index in [2.05, 4.69) is 0 Å². The Labute approximate surface area is 443 Å². The van der Waals surface area contributed by atoms with Crippen LogP contribution in [-0.4, -0.2) is 26.9 Å². The lowest BCUT2D eigenvalue weighted by atomic mass is 10.1. The zero-order chi connectivity index (χ0) is 57.1. The summed E-state index contributed by atoms with van der Waals surface area (Å²) >= 11 is 0. The minimum Gasteiger partial charge on any atom is -0.473 e. The maximum Gasteiger partial charge on any atom is 0.162 e. The summed E-state index contributed by atoms with van der Waals surface area (Å²) in [6, 6.07) is 21.5. The Kier molecular flexibility index (Phi) is 16.4. The van der Waals surface area contributed by atoms with Crippen molar-refractivity contribution in [1.29, 1.82) is 0 Å². The summed E-state index contributed by atoms with van der Waals surface area (Å²) in [7, 11) is 0. The molecule has 0 aliphatic carbocycles. The number of ether oxygens (including phenoxy) is 4. The minimum absolute atomic E-state index is 0.0272. The van der Waals surface area contributed by atoms with Crippen molar-refractivity contribution in [3.8, 4) is 23.0 Å². The molecule has 0 saturated carbocycles. The van der Waals surface area contributed by atoms with Crippen molar-refractivity contribution in [2.45, 2.75) is 26.2 Å². The van der Waals surface area contributed by atoms with Gasteiger partial charge in [0, 0.05) is 95.2 Å². The van der Waals surface area contributed by atoms with Crippen LogP contribution in [0.5, 0.6) is 23.0 Å². The first-order valence-corrected chi connectivity index (χ1v) is 23.4. The fourth-order valence-electron chi connectivity index (χ4n) is 8.44. The number of benzene rings is 8. The van der Waals surface area contributed by atoms with E-state index in [4.69, 9.17) is 18.9 Å². The van der Waals surface area contributed by atoms with Crippen molar-refractivity contribution >= 4 is 22.7 Å². The summed E-state index contributed by atoms with van der Waals surface area (Å²) in [5.74, 6) is -13.9. The minimum atomic E-state index is -1.10. The van der Waals surface area contributed by atoms with Crippen LogP contribution in [0.1, 0.15) is 22.3 Å². The zero-order valence-electron chi connectivity index (χ0n) is 40.7. The Balaban J connectivity index is 0.000000129. The average molecular weight is 1130 g/mol. The van der Waals surface area contributed by atoms with E-state index in [1.54, 1.807) is 21.9 Å². The Morgan fingerprint density at radius 2 is 0.588 bits per heavy atom. The van der Waals surface area contributed by atoms with Gasteiger partial charge in [0.2, 0.25) is 0 Å². The molecule has 416 valence electrons. The molecule has 0 fully saturated rings. The van der Waals surface area contributed by atoms with Gasteiger partial charge < -0.3 is 38.5 Å². The molecular formula is C56H36F16N4O4. The molecule has 0 atom stereocenters. The monoisotopic (exact) mass is 1130 g/mol. The van der Waals surface area contributed by atoms with Crippen molar-refractivity contribution in [2.24, 2.45) is 0 Å². The molecule has 0 aromatic heterocycles. The predicted octanol–water partition coefficient (Wildman–Crippen LogP) is 14.4. The van der Waals surface area contributed by atoms with Gasteiger partial charge >= 0.3 is 0 Å². The van der Waals surface area contributed by atoms with E-state index >= 15 is 0 Å². The van der Waals surface area contributed by atoms with Crippen LogP contribution in [0.4, 0.5) is 93.0 Å². The number of fused-ring (bicyclic) bond motifs is 4. The highest BCUT2D eigenvalue weighted by Crippen LogP contribution is 2.36. The Morgan fingerprint density at radius 1 is 0.250 bits per heavy atom. The summed E-state index contributed by atoms with van der Waals surface area (Å²) in [5, 5.41) is 0. The molecule has 4 aliphatic heterocycles. The Hall–Kier alpha value is -8.96. The first-order chi connectivity index (χ1) is 38.2.